The maximum atomic E-state index is 13.8. The Morgan fingerprint density at radius 2 is 0.917 bits per heavy atom. The van der Waals surface area contributed by atoms with E-state index in [-0.39, 0.29) is 11.8 Å². The molecule has 48 heavy (non-hydrogen) atoms. The molecule has 0 unspecified atom stereocenters. The number of hydrogen-bond donors (Lipinski definition) is 0. The summed E-state index contributed by atoms with van der Waals surface area (Å²) < 4.78 is 25.4. The van der Waals surface area contributed by atoms with Gasteiger partial charge in [0, 0.05) is 24.2 Å². The van der Waals surface area contributed by atoms with E-state index in [0.717, 1.165) is 22.3 Å². The van der Waals surface area contributed by atoms with Crippen LogP contribution in [-0.4, -0.2) is 46.9 Å². The first-order valence-electron chi connectivity index (χ1n) is 16.2. The van der Waals surface area contributed by atoms with E-state index >= 15 is 0 Å². The molecular formula is C40H34N2O6. The van der Waals surface area contributed by atoms with Crippen LogP contribution in [-0.2, 0) is 22.8 Å². The van der Waals surface area contributed by atoms with Gasteiger partial charge in [-0.1, -0.05) is 91.0 Å². The van der Waals surface area contributed by atoms with Crippen LogP contribution in [0.4, 0.5) is 0 Å². The Morgan fingerprint density at radius 1 is 0.500 bits per heavy atom. The molecule has 8 heteroatoms. The standard InChI is InChI=1S/C40H34N2O6/c43-39-37(47-29-14-3-1-4-15-29)35-31-18-7-9-20-33(31)45-25-27-12-11-13-28(24-27)26-46-34-21-10-8-19-32(34)36-38(48-30-16-5-2-6-17-30)40(44)42(36)23-22-41(35)39/h1-21,24,35-38H,22-23,25-26H2/t35-,36+,37+,38-. The molecule has 3 aliphatic heterocycles. The summed E-state index contributed by atoms with van der Waals surface area (Å²) in [4.78, 5) is 31.2. The van der Waals surface area contributed by atoms with Gasteiger partial charge >= 0.3 is 0 Å². The second-order valence-electron chi connectivity index (χ2n) is 12.1. The van der Waals surface area contributed by atoms with Gasteiger partial charge in [-0.3, -0.25) is 9.59 Å². The molecule has 0 saturated carbocycles. The van der Waals surface area contributed by atoms with E-state index < -0.39 is 24.3 Å². The van der Waals surface area contributed by atoms with Crippen molar-refractivity contribution in [1.29, 1.82) is 0 Å². The van der Waals surface area contributed by atoms with Gasteiger partial charge in [-0.25, -0.2) is 0 Å². The average molecular weight is 639 g/mol. The fraction of sp³-hybridized carbons (Fsp3) is 0.200. The van der Waals surface area contributed by atoms with Crippen molar-refractivity contribution in [3.8, 4) is 23.0 Å². The lowest BCUT2D eigenvalue weighted by Gasteiger charge is -2.50. The zero-order chi connectivity index (χ0) is 32.5. The number of rotatable bonds is 4. The number of nitrogens with zero attached hydrogens (tertiary/aromatic N) is 2. The minimum absolute atomic E-state index is 0.144. The van der Waals surface area contributed by atoms with Gasteiger partial charge in [0.25, 0.3) is 11.8 Å². The zero-order valence-electron chi connectivity index (χ0n) is 26.2. The number of β-lactam (4-membered cyclic amide) rings is 2. The van der Waals surface area contributed by atoms with Gasteiger partial charge < -0.3 is 28.7 Å². The third kappa shape index (κ3) is 5.59. The van der Waals surface area contributed by atoms with Gasteiger partial charge in [-0.05, 0) is 53.6 Å². The fourth-order valence-corrected chi connectivity index (χ4v) is 6.77. The highest BCUT2D eigenvalue weighted by molar-refractivity contribution is 5.91. The molecule has 5 aromatic rings. The van der Waals surface area contributed by atoms with Crippen molar-refractivity contribution in [2.75, 3.05) is 13.1 Å². The van der Waals surface area contributed by atoms with E-state index in [1.165, 1.54) is 0 Å². The van der Waals surface area contributed by atoms with Gasteiger partial charge in [0.2, 0.25) is 12.2 Å². The van der Waals surface area contributed by atoms with Gasteiger partial charge in [-0.15, -0.1) is 0 Å². The molecule has 3 aliphatic rings. The van der Waals surface area contributed by atoms with Crippen LogP contribution in [0.25, 0.3) is 0 Å². The number of carbonyl (C=O) groups excluding carboxylic acids is 2. The Bertz CT molecular complexity index is 1800. The summed E-state index contributed by atoms with van der Waals surface area (Å²) >= 11 is 0. The smallest absolute Gasteiger partial charge is 0.266 e. The molecule has 8 nitrogen and oxygen atoms in total. The van der Waals surface area contributed by atoms with E-state index in [1.54, 1.807) is 9.80 Å². The molecule has 2 saturated heterocycles. The maximum absolute atomic E-state index is 13.8. The molecule has 2 fully saturated rings. The van der Waals surface area contributed by atoms with Crippen molar-refractivity contribution in [2.24, 2.45) is 0 Å². The molecule has 0 spiro atoms. The molecule has 5 aromatic carbocycles. The van der Waals surface area contributed by atoms with Gasteiger partial charge in [-0.2, -0.15) is 0 Å². The number of carbonyl (C=O) groups is 2. The van der Waals surface area contributed by atoms with Crippen LogP contribution >= 0.6 is 0 Å². The Kier molecular flexibility index (Phi) is 7.90. The number of hydrogen-bond acceptors (Lipinski definition) is 6. The number of ether oxygens (including phenoxy) is 4. The quantitative estimate of drug-likeness (QED) is 0.209. The predicted octanol–water partition coefficient (Wildman–Crippen LogP) is 6.52. The maximum Gasteiger partial charge on any atom is 0.266 e. The number of para-hydroxylation sites is 4. The molecule has 2 bridgehead atoms. The number of fused-ring (bicyclic) bond motifs is 8. The summed E-state index contributed by atoms with van der Waals surface area (Å²) in [5.41, 5.74) is 3.69. The van der Waals surface area contributed by atoms with Crippen LogP contribution in [0.5, 0.6) is 23.0 Å². The molecule has 2 amide bonds. The van der Waals surface area contributed by atoms with Crippen LogP contribution in [0.15, 0.2) is 133 Å². The van der Waals surface area contributed by atoms with E-state index in [4.69, 9.17) is 18.9 Å². The molecular weight excluding hydrogens is 604 g/mol. The van der Waals surface area contributed by atoms with Crippen LogP contribution in [0.2, 0.25) is 0 Å². The van der Waals surface area contributed by atoms with E-state index in [2.05, 4.69) is 6.07 Å². The molecule has 4 atom stereocenters. The van der Waals surface area contributed by atoms with Gasteiger partial charge in [0.1, 0.15) is 48.3 Å². The van der Waals surface area contributed by atoms with Gasteiger partial charge in [0.15, 0.2) is 0 Å². The van der Waals surface area contributed by atoms with Crippen LogP contribution in [0.1, 0.15) is 34.3 Å². The van der Waals surface area contributed by atoms with E-state index in [9.17, 15) is 9.59 Å². The molecule has 240 valence electrons. The average Bonchev–Trinajstić information content (AvgIpc) is 3.14. The van der Waals surface area contributed by atoms with Crippen LogP contribution in [0, 0.1) is 0 Å². The lowest BCUT2D eigenvalue weighted by molar-refractivity contribution is -0.172. The Balaban J connectivity index is 1.17. The highest BCUT2D eigenvalue weighted by atomic mass is 16.5. The van der Waals surface area contributed by atoms with Crippen LogP contribution in [0.3, 0.4) is 0 Å². The minimum atomic E-state index is -0.742. The lowest BCUT2D eigenvalue weighted by Crippen LogP contribution is -2.66. The first kappa shape index (κ1) is 29.6. The minimum Gasteiger partial charge on any atom is -0.489 e. The predicted molar refractivity (Wildman–Crippen MR) is 179 cm³/mol. The normalized spacial score (nSPS) is 21.8. The summed E-state index contributed by atoms with van der Waals surface area (Å²) in [5, 5.41) is 0. The second-order valence-corrected chi connectivity index (χ2v) is 12.1. The highest BCUT2D eigenvalue weighted by Crippen LogP contribution is 2.44. The van der Waals surface area contributed by atoms with E-state index in [0.29, 0.717) is 49.3 Å². The molecule has 0 aromatic heterocycles. The molecule has 8 rings (SSSR count). The van der Waals surface area contributed by atoms with Crippen molar-refractivity contribution in [3.63, 3.8) is 0 Å². The lowest BCUT2D eigenvalue weighted by atomic mass is 9.88. The molecule has 0 radical (unpaired) electrons. The zero-order valence-corrected chi connectivity index (χ0v) is 26.2. The second kappa shape index (κ2) is 12.8. The summed E-state index contributed by atoms with van der Waals surface area (Å²) in [6.45, 7) is 1.29. The van der Waals surface area contributed by atoms with E-state index in [1.807, 2.05) is 127 Å². The summed E-state index contributed by atoms with van der Waals surface area (Å²) in [6, 6.07) is 41.6. The SMILES string of the molecule is O=C1[C@@H](Oc2ccccc2)[C@H]2c3ccccc3OCc3cccc(c3)COc3ccccc3[C@H]3[C@@H](Oc4ccccc4)C(=O)N3CCN12. The van der Waals surface area contributed by atoms with Crippen molar-refractivity contribution >= 4 is 11.8 Å². The number of benzene rings is 5. The number of amides is 2. The largest absolute Gasteiger partial charge is 0.489 e. The van der Waals surface area contributed by atoms with Crippen molar-refractivity contribution in [3.05, 3.63) is 156 Å². The monoisotopic (exact) mass is 638 g/mol. The Hall–Kier alpha value is -5.76. The van der Waals surface area contributed by atoms with Crippen molar-refractivity contribution < 1.29 is 28.5 Å². The summed E-state index contributed by atoms with van der Waals surface area (Å²) in [5.74, 6) is 2.29. The summed E-state index contributed by atoms with van der Waals surface area (Å²) in [7, 11) is 0. The molecule has 0 aliphatic carbocycles. The van der Waals surface area contributed by atoms with Crippen molar-refractivity contribution in [1.82, 2.24) is 9.80 Å². The Labute approximate surface area is 279 Å². The third-order valence-electron chi connectivity index (χ3n) is 9.15. The van der Waals surface area contributed by atoms with Crippen LogP contribution < -0.4 is 18.9 Å². The van der Waals surface area contributed by atoms with Crippen molar-refractivity contribution in [2.45, 2.75) is 37.5 Å². The molecule has 3 heterocycles. The first-order chi connectivity index (χ1) is 23.6. The first-order valence-corrected chi connectivity index (χ1v) is 16.2. The highest BCUT2D eigenvalue weighted by Gasteiger charge is 2.54. The molecule has 0 N–H and O–H groups in total. The third-order valence-corrected chi connectivity index (χ3v) is 9.15. The summed E-state index contributed by atoms with van der Waals surface area (Å²) in [6.07, 6.45) is -1.48. The van der Waals surface area contributed by atoms with Gasteiger partial charge in [0.05, 0.1) is 0 Å². The topological polar surface area (TPSA) is 77.5 Å². The fourth-order valence-electron chi connectivity index (χ4n) is 6.77. The Morgan fingerprint density at radius 3 is 1.38 bits per heavy atom.